The first kappa shape index (κ1) is 15.0. The predicted molar refractivity (Wildman–Crippen MR) is 78.5 cm³/mol. The van der Waals surface area contributed by atoms with Crippen LogP contribution in [0.3, 0.4) is 0 Å². The van der Waals surface area contributed by atoms with Crippen LogP contribution in [0, 0.1) is 11.8 Å². The van der Waals surface area contributed by atoms with Crippen molar-refractivity contribution >= 4 is 12.4 Å². The summed E-state index contributed by atoms with van der Waals surface area (Å²) in [4.78, 5) is 4.14. The van der Waals surface area contributed by atoms with Crippen LogP contribution in [-0.2, 0) is 0 Å². The minimum atomic E-state index is 0. The third-order valence-electron chi connectivity index (χ3n) is 2.22. The summed E-state index contributed by atoms with van der Waals surface area (Å²) in [5.41, 5.74) is 7.04. The van der Waals surface area contributed by atoms with E-state index in [9.17, 15) is 0 Å². The van der Waals surface area contributed by atoms with Gasteiger partial charge in [0.1, 0.15) is 18.1 Å². The van der Waals surface area contributed by atoms with Gasteiger partial charge < -0.3 is 10.5 Å². The first-order valence-corrected chi connectivity index (χ1v) is 5.74. The maximum atomic E-state index is 5.44. The average molecular weight is 275 g/mol. The van der Waals surface area contributed by atoms with Gasteiger partial charge in [-0.15, -0.1) is 12.4 Å². The van der Waals surface area contributed by atoms with Gasteiger partial charge in [-0.25, -0.2) is 4.98 Å². The molecule has 2 aromatic rings. The number of rotatable bonds is 3. The second-order valence-corrected chi connectivity index (χ2v) is 3.63. The van der Waals surface area contributed by atoms with Crippen molar-refractivity contribution < 1.29 is 4.74 Å². The number of ether oxygens (including phenoxy) is 1. The van der Waals surface area contributed by atoms with Crippen molar-refractivity contribution in [1.82, 2.24) is 4.98 Å². The first-order chi connectivity index (χ1) is 8.88. The van der Waals surface area contributed by atoms with Crippen LogP contribution in [0.15, 0.2) is 48.7 Å². The molecule has 0 spiro atoms. The SMILES string of the molecule is Cl.NCCOc1cccc(C#Cc2ccccn2)c1. The lowest BCUT2D eigenvalue weighted by molar-refractivity contribution is 0.328. The highest BCUT2D eigenvalue weighted by Gasteiger charge is 1.93. The highest BCUT2D eigenvalue weighted by atomic mass is 35.5. The Kier molecular flexibility index (Phi) is 6.45. The van der Waals surface area contributed by atoms with E-state index in [2.05, 4.69) is 16.8 Å². The van der Waals surface area contributed by atoms with E-state index in [4.69, 9.17) is 10.5 Å². The molecule has 19 heavy (non-hydrogen) atoms. The van der Waals surface area contributed by atoms with Crippen molar-refractivity contribution in [3.05, 3.63) is 59.9 Å². The topological polar surface area (TPSA) is 48.1 Å². The fraction of sp³-hybridized carbons (Fsp3) is 0.133. The summed E-state index contributed by atoms with van der Waals surface area (Å²) in [6.45, 7) is 1.01. The maximum Gasteiger partial charge on any atom is 0.120 e. The Labute approximate surface area is 119 Å². The molecule has 0 amide bonds. The van der Waals surface area contributed by atoms with Crippen molar-refractivity contribution in [1.29, 1.82) is 0 Å². The normalized spacial score (nSPS) is 8.89. The zero-order chi connectivity index (χ0) is 12.6. The first-order valence-electron chi connectivity index (χ1n) is 5.74. The Morgan fingerprint density at radius 3 is 2.74 bits per heavy atom. The number of halogens is 1. The summed E-state index contributed by atoms with van der Waals surface area (Å²) in [5, 5.41) is 0. The monoisotopic (exact) mass is 274 g/mol. The van der Waals surface area contributed by atoms with E-state index < -0.39 is 0 Å². The zero-order valence-corrected chi connectivity index (χ0v) is 11.2. The second kappa shape index (κ2) is 8.15. The Morgan fingerprint density at radius 1 is 1.11 bits per heavy atom. The smallest absolute Gasteiger partial charge is 0.120 e. The lowest BCUT2D eigenvalue weighted by atomic mass is 10.2. The van der Waals surface area contributed by atoms with Crippen LogP contribution in [0.5, 0.6) is 5.75 Å². The predicted octanol–water partition coefficient (Wildman–Crippen LogP) is 2.24. The minimum absolute atomic E-state index is 0. The number of hydrogen-bond acceptors (Lipinski definition) is 3. The molecule has 2 N–H and O–H groups in total. The number of pyridine rings is 1. The van der Waals surface area contributed by atoms with Crippen molar-refractivity contribution in [2.45, 2.75) is 0 Å². The van der Waals surface area contributed by atoms with Crippen LogP contribution in [0.2, 0.25) is 0 Å². The van der Waals surface area contributed by atoms with Crippen molar-refractivity contribution in [3.8, 4) is 17.6 Å². The lowest BCUT2D eigenvalue weighted by Crippen LogP contribution is -2.10. The summed E-state index contributed by atoms with van der Waals surface area (Å²) >= 11 is 0. The Balaban J connectivity index is 0.00000180. The lowest BCUT2D eigenvalue weighted by Gasteiger charge is -2.03. The fourth-order valence-electron chi connectivity index (χ4n) is 1.41. The van der Waals surface area contributed by atoms with Gasteiger partial charge in [0.05, 0.1) is 0 Å². The summed E-state index contributed by atoms with van der Waals surface area (Å²) in [6, 6.07) is 13.3. The number of hydrogen-bond donors (Lipinski definition) is 1. The van der Waals surface area contributed by atoms with Crippen LogP contribution < -0.4 is 10.5 Å². The molecule has 0 fully saturated rings. The maximum absolute atomic E-state index is 5.44. The Morgan fingerprint density at radius 2 is 2.00 bits per heavy atom. The molecule has 1 aromatic heterocycles. The third-order valence-corrected chi connectivity index (χ3v) is 2.22. The molecule has 0 saturated carbocycles. The molecule has 4 heteroatoms. The van der Waals surface area contributed by atoms with E-state index in [1.807, 2.05) is 42.5 Å². The molecular weight excluding hydrogens is 260 g/mol. The van der Waals surface area contributed by atoms with Gasteiger partial charge in [-0.05, 0) is 36.3 Å². The van der Waals surface area contributed by atoms with Crippen molar-refractivity contribution in [2.75, 3.05) is 13.2 Å². The van der Waals surface area contributed by atoms with E-state index in [1.165, 1.54) is 0 Å². The summed E-state index contributed by atoms with van der Waals surface area (Å²) < 4.78 is 5.44. The molecular formula is C15H15ClN2O. The van der Waals surface area contributed by atoms with Gasteiger partial charge in [-0.2, -0.15) is 0 Å². The van der Waals surface area contributed by atoms with Gasteiger partial charge >= 0.3 is 0 Å². The quantitative estimate of drug-likeness (QED) is 0.874. The van der Waals surface area contributed by atoms with E-state index in [-0.39, 0.29) is 12.4 Å². The molecule has 0 unspecified atom stereocenters. The number of benzene rings is 1. The molecule has 0 aliphatic carbocycles. The largest absolute Gasteiger partial charge is 0.492 e. The van der Waals surface area contributed by atoms with E-state index in [0.29, 0.717) is 13.2 Å². The van der Waals surface area contributed by atoms with Crippen LogP contribution in [-0.4, -0.2) is 18.1 Å². The van der Waals surface area contributed by atoms with Gasteiger partial charge in [0.2, 0.25) is 0 Å². The molecule has 1 aromatic carbocycles. The van der Waals surface area contributed by atoms with Gasteiger partial charge in [0.15, 0.2) is 0 Å². The van der Waals surface area contributed by atoms with E-state index in [1.54, 1.807) is 6.20 Å². The summed E-state index contributed by atoms with van der Waals surface area (Å²) in [5.74, 6) is 6.84. The molecule has 0 bridgehead atoms. The van der Waals surface area contributed by atoms with Crippen LogP contribution in [0.1, 0.15) is 11.3 Å². The molecule has 0 radical (unpaired) electrons. The molecule has 0 aliphatic rings. The highest BCUT2D eigenvalue weighted by molar-refractivity contribution is 5.85. The molecule has 0 saturated heterocycles. The van der Waals surface area contributed by atoms with Gasteiger partial charge in [0.25, 0.3) is 0 Å². The summed E-state index contributed by atoms with van der Waals surface area (Å²) in [7, 11) is 0. The Hall–Kier alpha value is -2.02. The van der Waals surface area contributed by atoms with Gasteiger partial charge in [-0.3, -0.25) is 0 Å². The molecule has 0 atom stereocenters. The van der Waals surface area contributed by atoms with Crippen LogP contribution >= 0.6 is 12.4 Å². The fourth-order valence-corrected chi connectivity index (χ4v) is 1.41. The molecule has 1 heterocycles. The summed E-state index contributed by atoms with van der Waals surface area (Å²) in [6.07, 6.45) is 1.73. The second-order valence-electron chi connectivity index (χ2n) is 3.63. The molecule has 98 valence electrons. The number of nitrogens with two attached hydrogens (primary N) is 1. The number of aromatic nitrogens is 1. The van der Waals surface area contributed by atoms with Crippen LogP contribution in [0.25, 0.3) is 0 Å². The van der Waals surface area contributed by atoms with Crippen molar-refractivity contribution in [2.24, 2.45) is 5.73 Å². The minimum Gasteiger partial charge on any atom is -0.492 e. The van der Waals surface area contributed by atoms with Crippen molar-refractivity contribution in [3.63, 3.8) is 0 Å². The molecule has 3 nitrogen and oxygen atoms in total. The Bertz CT molecular complexity index is 561. The number of nitrogens with zero attached hydrogens (tertiary/aromatic N) is 1. The molecule has 2 rings (SSSR count). The standard InChI is InChI=1S/C15H14N2O.ClH/c16-9-11-18-15-6-3-4-13(12-15)7-8-14-5-1-2-10-17-14;/h1-6,10,12H,9,11,16H2;1H. The van der Waals surface area contributed by atoms with E-state index in [0.717, 1.165) is 17.0 Å². The third kappa shape index (κ3) is 5.01. The average Bonchev–Trinajstić information content (AvgIpc) is 2.44. The van der Waals surface area contributed by atoms with Crippen LogP contribution in [0.4, 0.5) is 0 Å². The zero-order valence-electron chi connectivity index (χ0n) is 10.4. The molecule has 0 aliphatic heterocycles. The highest BCUT2D eigenvalue weighted by Crippen LogP contribution is 2.12. The van der Waals surface area contributed by atoms with Gasteiger partial charge in [0, 0.05) is 18.3 Å². The van der Waals surface area contributed by atoms with Gasteiger partial charge in [-0.1, -0.05) is 18.1 Å². The van der Waals surface area contributed by atoms with E-state index >= 15 is 0 Å².